The molecule has 0 bridgehead atoms. The SMILES string of the molecule is O=C(O)C1C2CCCC2CN1c1nccn2nccc12. The molecule has 0 aromatic carbocycles. The lowest BCUT2D eigenvalue weighted by Crippen LogP contribution is -2.40. The third kappa shape index (κ3) is 1.54. The van der Waals surface area contributed by atoms with E-state index in [1.807, 2.05) is 11.0 Å². The molecule has 6 heteroatoms. The Labute approximate surface area is 116 Å². The van der Waals surface area contributed by atoms with Gasteiger partial charge in [-0.2, -0.15) is 5.10 Å². The summed E-state index contributed by atoms with van der Waals surface area (Å²) in [5.74, 6) is 0.757. The van der Waals surface area contributed by atoms with Crippen LogP contribution in [0.1, 0.15) is 19.3 Å². The molecule has 104 valence electrons. The van der Waals surface area contributed by atoms with Gasteiger partial charge in [-0.05, 0) is 30.7 Å². The maximum absolute atomic E-state index is 11.7. The van der Waals surface area contributed by atoms with E-state index in [9.17, 15) is 9.90 Å². The summed E-state index contributed by atoms with van der Waals surface area (Å²) in [5.41, 5.74) is 0.874. The van der Waals surface area contributed by atoms with Gasteiger partial charge in [0.25, 0.3) is 0 Å². The molecule has 1 aliphatic heterocycles. The molecule has 2 aromatic rings. The third-order valence-corrected chi connectivity index (χ3v) is 4.72. The molecule has 0 amide bonds. The van der Waals surface area contributed by atoms with Crippen molar-refractivity contribution < 1.29 is 9.90 Å². The highest BCUT2D eigenvalue weighted by Gasteiger charge is 2.48. The molecule has 2 aromatic heterocycles. The van der Waals surface area contributed by atoms with Crippen molar-refractivity contribution in [3.63, 3.8) is 0 Å². The molecule has 6 nitrogen and oxygen atoms in total. The molecule has 2 fully saturated rings. The molecule has 2 aliphatic rings. The van der Waals surface area contributed by atoms with Gasteiger partial charge < -0.3 is 10.0 Å². The molecular weight excluding hydrogens is 256 g/mol. The first-order valence-corrected chi connectivity index (χ1v) is 7.03. The standard InChI is InChI=1S/C14H16N4O2/c19-14(20)12-10-3-1-2-9(10)8-17(12)13-11-4-5-16-18(11)7-6-15-13/h4-7,9-10,12H,1-3,8H2,(H,19,20). The van der Waals surface area contributed by atoms with Crippen molar-refractivity contribution in [3.8, 4) is 0 Å². The predicted octanol–water partition coefficient (Wildman–Crippen LogP) is 1.42. The molecular formula is C14H16N4O2. The van der Waals surface area contributed by atoms with Gasteiger partial charge in [-0.3, -0.25) is 0 Å². The van der Waals surface area contributed by atoms with Crippen molar-refractivity contribution in [3.05, 3.63) is 24.7 Å². The minimum absolute atomic E-state index is 0.262. The topological polar surface area (TPSA) is 70.7 Å². The van der Waals surface area contributed by atoms with Crippen LogP contribution in [-0.4, -0.2) is 38.3 Å². The fourth-order valence-electron chi connectivity index (χ4n) is 3.90. The second-order valence-electron chi connectivity index (χ2n) is 5.70. The summed E-state index contributed by atoms with van der Waals surface area (Å²) < 4.78 is 1.75. The van der Waals surface area contributed by atoms with Gasteiger partial charge >= 0.3 is 5.97 Å². The highest BCUT2D eigenvalue weighted by molar-refractivity contribution is 5.82. The van der Waals surface area contributed by atoms with Crippen LogP contribution in [0.4, 0.5) is 5.82 Å². The first kappa shape index (κ1) is 11.7. The molecule has 3 atom stereocenters. The fourth-order valence-corrected chi connectivity index (χ4v) is 3.90. The molecule has 1 saturated heterocycles. The maximum atomic E-state index is 11.7. The van der Waals surface area contributed by atoms with Crippen molar-refractivity contribution >= 4 is 17.3 Å². The molecule has 1 saturated carbocycles. The van der Waals surface area contributed by atoms with E-state index in [1.54, 1.807) is 23.1 Å². The number of hydrogen-bond acceptors (Lipinski definition) is 4. The van der Waals surface area contributed by atoms with Gasteiger partial charge in [0, 0.05) is 18.9 Å². The van der Waals surface area contributed by atoms with E-state index < -0.39 is 12.0 Å². The zero-order valence-electron chi connectivity index (χ0n) is 11.0. The van der Waals surface area contributed by atoms with Gasteiger partial charge in [0.1, 0.15) is 11.6 Å². The van der Waals surface area contributed by atoms with Crippen molar-refractivity contribution in [2.45, 2.75) is 25.3 Å². The summed E-state index contributed by atoms with van der Waals surface area (Å²) in [6.07, 6.45) is 8.48. The summed E-state index contributed by atoms with van der Waals surface area (Å²) in [6, 6.07) is 1.44. The number of rotatable bonds is 2. The summed E-state index contributed by atoms with van der Waals surface area (Å²) >= 11 is 0. The van der Waals surface area contributed by atoms with Crippen LogP contribution in [0.15, 0.2) is 24.7 Å². The summed E-state index contributed by atoms with van der Waals surface area (Å²) in [7, 11) is 0. The largest absolute Gasteiger partial charge is 0.480 e. The van der Waals surface area contributed by atoms with Crippen molar-refractivity contribution in [2.75, 3.05) is 11.4 Å². The van der Waals surface area contributed by atoms with E-state index in [2.05, 4.69) is 10.1 Å². The Bertz CT molecular complexity index is 668. The first-order valence-electron chi connectivity index (χ1n) is 7.03. The Balaban J connectivity index is 1.81. The Hall–Kier alpha value is -2.11. The quantitative estimate of drug-likeness (QED) is 0.895. The number of aromatic nitrogens is 3. The molecule has 0 radical (unpaired) electrons. The van der Waals surface area contributed by atoms with E-state index in [-0.39, 0.29) is 5.92 Å². The van der Waals surface area contributed by atoms with Crippen LogP contribution in [0.25, 0.3) is 5.52 Å². The third-order valence-electron chi connectivity index (χ3n) is 4.72. The van der Waals surface area contributed by atoms with Crippen LogP contribution in [-0.2, 0) is 4.79 Å². The van der Waals surface area contributed by atoms with Crippen molar-refractivity contribution in [1.29, 1.82) is 0 Å². The predicted molar refractivity (Wildman–Crippen MR) is 72.6 cm³/mol. The van der Waals surface area contributed by atoms with Gasteiger partial charge in [-0.25, -0.2) is 14.3 Å². The first-order chi connectivity index (χ1) is 9.75. The summed E-state index contributed by atoms with van der Waals surface area (Å²) in [4.78, 5) is 18.1. The van der Waals surface area contributed by atoms with Crippen LogP contribution >= 0.6 is 0 Å². The summed E-state index contributed by atoms with van der Waals surface area (Å²) in [5, 5.41) is 13.8. The van der Waals surface area contributed by atoms with Crippen LogP contribution in [0, 0.1) is 11.8 Å². The highest BCUT2D eigenvalue weighted by atomic mass is 16.4. The number of carboxylic acid groups (broad SMARTS) is 1. The maximum Gasteiger partial charge on any atom is 0.326 e. The number of fused-ring (bicyclic) bond motifs is 2. The lowest BCUT2D eigenvalue weighted by atomic mass is 9.94. The van der Waals surface area contributed by atoms with Crippen LogP contribution in [0.5, 0.6) is 0 Å². The number of carbonyl (C=O) groups is 1. The number of nitrogens with zero attached hydrogens (tertiary/aromatic N) is 4. The fraction of sp³-hybridized carbons (Fsp3) is 0.500. The molecule has 4 rings (SSSR count). The second-order valence-corrected chi connectivity index (χ2v) is 5.70. The zero-order valence-corrected chi connectivity index (χ0v) is 11.0. The molecule has 3 unspecified atom stereocenters. The van der Waals surface area contributed by atoms with Gasteiger partial charge in [-0.15, -0.1) is 0 Å². The highest BCUT2D eigenvalue weighted by Crippen LogP contribution is 2.44. The van der Waals surface area contributed by atoms with E-state index in [0.29, 0.717) is 5.92 Å². The monoisotopic (exact) mass is 272 g/mol. The van der Waals surface area contributed by atoms with Gasteiger partial charge in [0.2, 0.25) is 0 Å². The Morgan fingerprint density at radius 3 is 3.10 bits per heavy atom. The minimum atomic E-state index is -0.734. The van der Waals surface area contributed by atoms with Crippen LogP contribution in [0.2, 0.25) is 0 Å². The van der Waals surface area contributed by atoms with Gasteiger partial charge in [-0.1, -0.05) is 6.42 Å². The van der Waals surface area contributed by atoms with Crippen molar-refractivity contribution in [2.24, 2.45) is 11.8 Å². The number of anilines is 1. The number of aliphatic carboxylic acids is 1. The molecule has 1 aliphatic carbocycles. The van der Waals surface area contributed by atoms with Gasteiger partial charge in [0.15, 0.2) is 5.82 Å². The number of hydrogen-bond donors (Lipinski definition) is 1. The average Bonchev–Trinajstić information content (AvgIpc) is 3.11. The van der Waals surface area contributed by atoms with E-state index in [0.717, 1.165) is 37.1 Å². The Morgan fingerprint density at radius 2 is 2.25 bits per heavy atom. The smallest absolute Gasteiger partial charge is 0.326 e. The van der Waals surface area contributed by atoms with Crippen LogP contribution < -0.4 is 4.90 Å². The molecule has 0 spiro atoms. The minimum Gasteiger partial charge on any atom is -0.480 e. The lowest BCUT2D eigenvalue weighted by molar-refractivity contribution is -0.139. The summed E-state index contributed by atoms with van der Waals surface area (Å²) in [6.45, 7) is 0.791. The Kier molecular flexibility index (Phi) is 2.45. The van der Waals surface area contributed by atoms with E-state index >= 15 is 0 Å². The lowest BCUT2D eigenvalue weighted by Gasteiger charge is -2.25. The van der Waals surface area contributed by atoms with E-state index in [1.165, 1.54) is 0 Å². The average molecular weight is 272 g/mol. The molecule has 20 heavy (non-hydrogen) atoms. The zero-order chi connectivity index (χ0) is 13.7. The second kappa shape index (κ2) is 4.19. The van der Waals surface area contributed by atoms with Crippen molar-refractivity contribution in [1.82, 2.24) is 14.6 Å². The van der Waals surface area contributed by atoms with Gasteiger partial charge in [0.05, 0.1) is 6.20 Å². The molecule has 1 N–H and O–H groups in total. The normalized spacial score (nSPS) is 29.0. The van der Waals surface area contributed by atoms with Crippen LogP contribution in [0.3, 0.4) is 0 Å². The molecule has 3 heterocycles. The van der Waals surface area contributed by atoms with E-state index in [4.69, 9.17) is 0 Å². The number of carboxylic acids is 1. The Morgan fingerprint density at radius 1 is 1.35 bits per heavy atom.